The first kappa shape index (κ1) is 16.4. The third kappa shape index (κ3) is 2.89. The molecule has 0 aliphatic heterocycles. The van der Waals surface area contributed by atoms with Crippen molar-refractivity contribution >= 4 is 5.78 Å². The zero-order chi connectivity index (χ0) is 18.4. The van der Waals surface area contributed by atoms with Gasteiger partial charge in [0.15, 0.2) is 12.2 Å². The molecule has 0 amide bonds. The molecule has 138 valence electrons. The van der Waals surface area contributed by atoms with Gasteiger partial charge in [0, 0.05) is 17.9 Å². The molecule has 0 spiro atoms. The summed E-state index contributed by atoms with van der Waals surface area (Å²) in [5.74, 6) is 2.50. The Labute approximate surface area is 157 Å². The highest BCUT2D eigenvalue weighted by atomic mass is 16.5. The van der Waals surface area contributed by atoms with E-state index in [-0.39, 0.29) is 11.7 Å². The normalized spacial score (nSPS) is 19.1. The van der Waals surface area contributed by atoms with Gasteiger partial charge in [-0.3, -0.25) is 4.79 Å². The smallest absolute Gasteiger partial charge is 0.230 e. The lowest BCUT2D eigenvalue weighted by Gasteiger charge is -2.20. The highest BCUT2D eigenvalue weighted by molar-refractivity contribution is 5.94. The number of aromatic nitrogens is 3. The largest absolute Gasteiger partial charge is 0.440 e. The van der Waals surface area contributed by atoms with E-state index in [9.17, 15) is 4.79 Å². The minimum atomic E-state index is 0.0234. The van der Waals surface area contributed by atoms with Gasteiger partial charge in [-0.2, -0.15) is 4.98 Å². The maximum Gasteiger partial charge on any atom is 0.230 e. The van der Waals surface area contributed by atoms with Crippen molar-refractivity contribution in [3.63, 3.8) is 0 Å². The monoisotopic (exact) mass is 363 g/mol. The molecule has 2 aliphatic carbocycles. The van der Waals surface area contributed by atoms with Crippen molar-refractivity contribution in [1.29, 1.82) is 0 Å². The molecule has 1 aromatic carbocycles. The van der Waals surface area contributed by atoms with Crippen molar-refractivity contribution in [1.82, 2.24) is 15.1 Å². The average Bonchev–Trinajstić information content (AvgIpc) is 3.33. The summed E-state index contributed by atoms with van der Waals surface area (Å²) < 4.78 is 10.7. The third-order valence-corrected chi connectivity index (χ3v) is 5.93. The lowest BCUT2D eigenvalue weighted by Crippen LogP contribution is -2.08. The number of ketones is 1. The predicted molar refractivity (Wildman–Crippen MR) is 97.6 cm³/mol. The van der Waals surface area contributed by atoms with E-state index >= 15 is 0 Å². The number of carbonyl (C=O) groups is 1. The summed E-state index contributed by atoms with van der Waals surface area (Å²) in [5.41, 5.74) is 4.16. The topological polar surface area (TPSA) is 82.0 Å². The average molecular weight is 363 g/mol. The first-order valence-corrected chi connectivity index (χ1v) is 9.59. The van der Waals surface area contributed by atoms with Gasteiger partial charge in [0.2, 0.25) is 17.5 Å². The maximum absolute atomic E-state index is 12.5. The molecule has 1 saturated carbocycles. The summed E-state index contributed by atoms with van der Waals surface area (Å²) in [4.78, 5) is 21.1. The molecule has 2 aliphatic rings. The van der Waals surface area contributed by atoms with Crippen molar-refractivity contribution in [3.8, 4) is 11.4 Å². The number of Topliss-reactive ketones (excluding diaryl/α,β-unsaturated/α-hetero) is 1. The maximum atomic E-state index is 12.5. The molecule has 2 aromatic heterocycles. The van der Waals surface area contributed by atoms with Crippen LogP contribution in [0.2, 0.25) is 0 Å². The SMILES string of the molecule is Cc1ncoc1C(=O)C[C@@H]1CCc2cc(-c3noc(C4CCC4)n3)ccc21. The Kier molecular flexibility index (Phi) is 3.92. The number of aryl methyl sites for hydroxylation is 2. The van der Waals surface area contributed by atoms with Crippen LogP contribution in [0.15, 0.2) is 33.5 Å². The molecule has 6 nitrogen and oxygen atoms in total. The zero-order valence-corrected chi connectivity index (χ0v) is 15.3. The molecule has 0 unspecified atom stereocenters. The Morgan fingerprint density at radius 1 is 1.26 bits per heavy atom. The molecule has 0 N–H and O–H groups in total. The number of hydrogen-bond donors (Lipinski definition) is 0. The summed E-state index contributed by atoms with van der Waals surface area (Å²) in [5, 5.41) is 4.17. The second-order valence-electron chi connectivity index (χ2n) is 7.63. The molecule has 6 heteroatoms. The fourth-order valence-corrected chi connectivity index (χ4v) is 4.12. The third-order valence-electron chi connectivity index (χ3n) is 5.93. The van der Waals surface area contributed by atoms with Crippen LogP contribution < -0.4 is 0 Å². The standard InChI is InChI=1S/C21H21N3O3/c1-12-19(26-11-22-12)18(25)10-15-6-5-14-9-16(7-8-17(14)15)20-23-21(27-24-20)13-3-2-4-13/h7-9,11,13,15H,2-6,10H2,1H3/t15-/m0/s1. The Balaban J connectivity index is 1.35. The van der Waals surface area contributed by atoms with Crippen LogP contribution in [0.3, 0.4) is 0 Å². The summed E-state index contributed by atoms with van der Waals surface area (Å²) >= 11 is 0. The molecular formula is C21H21N3O3. The summed E-state index contributed by atoms with van der Waals surface area (Å²) in [6.45, 7) is 1.80. The van der Waals surface area contributed by atoms with Crippen LogP contribution in [-0.4, -0.2) is 20.9 Å². The summed E-state index contributed by atoms with van der Waals surface area (Å²) in [7, 11) is 0. The Morgan fingerprint density at radius 3 is 2.89 bits per heavy atom. The van der Waals surface area contributed by atoms with Crippen molar-refractivity contribution in [2.24, 2.45) is 0 Å². The van der Waals surface area contributed by atoms with E-state index in [2.05, 4.69) is 27.3 Å². The summed E-state index contributed by atoms with van der Waals surface area (Å²) in [6.07, 6.45) is 7.26. The molecule has 2 heterocycles. The second kappa shape index (κ2) is 6.44. The van der Waals surface area contributed by atoms with E-state index in [1.807, 2.05) is 6.07 Å². The van der Waals surface area contributed by atoms with Crippen LogP contribution in [0.25, 0.3) is 11.4 Å². The molecular weight excluding hydrogens is 342 g/mol. The zero-order valence-electron chi connectivity index (χ0n) is 15.3. The van der Waals surface area contributed by atoms with Gasteiger partial charge < -0.3 is 8.94 Å². The van der Waals surface area contributed by atoms with Gasteiger partial charge >= 0.3 is 0 Å². The van der Waals surface area contributed by atoms with Crippen LogP contribution in [0, 0.1) is 6.92 Å². The Morgan fingerprint density at radius 2 is 2.15 bits per heavy atom. The van der Waals surface area contributed by atoms with E-state index < -0.39 is 0 Å². The van der Waals surface area contributed by atoms with Gasteiger partial charge in [0.25, 0.3) is 0 Å². The van der Waals surface area contributed by atoms with Crippen molar-refractivity contribution in [2.45, 2.75) is 57.3 Å². The van der Waals surface area contributed by atoms with Gasteiger partial charge in [-0.1, -0.05) is 23.7 Å². The number of hydrogen-bond acceptors (Lipinski definition) is 6. The lowest BCUT2D eigenvalue weighted by molar-refractivity contribution is 0.0945. The van der Waals surface area contributed by atoms with E-state index in [1.165, 1.54) is 23.9 Å². The van der Waals surface area contributed by atoms with Crippen molar-refractivity contribution < 1.29 is 13.7 Å². The van der Waals surface area contributed by atoms with E-state index in [0.29, 0.717) is 29.6 Å². The minimum absolute atomic E-state index is 0.0234. The molecule has 5 rings (SSSR count). The fraction of sp³-hybridized carbons (Fsp3) is 0.429. The van der Waals surface area contributed by atoms with Crippen molar-refractivity contribution in [3.05, 3.63) is 53.1 Å². The predicted octanol–water partition coefficient (Wildman–Crippen LogP) is 4.60. The lowest BCUT2D eigenvalue weighted by atomic mass is 9.85. The van der Waals surface area contributed by atoms with Crippen LogP contribution in [0.4, 0.5) is 0 Å². The van der Waals surface area contributed by atoms with E-state index in [4.69, 9.17) is 8.94 Å². The molecule has 3 aromatic rings. The van der Waals surface area contributed by atoms with E-state index in [1.54, 1.807) is 6.92 Å². The fourth-order valence-electron chi connectivity index (χ4n) is 4.12. The van der Waals surface area contributed by atoms with Crippen LogP contribution >= 0.6 is 0 Å². The highest BCUT2D eigenvalue weighted by Crippen LogP contribution is 2.39. The molecule has 0 radical (unpaired) electrons. The number of benzene rings is 1. The molecule has 1 fully saturated rings. The van der Waals surface area contributed by atoms with Crippen molar-refractivity contribution in [2.75, 3.05) is 0 Å². The van der Waals surface area contributed by atoms with Gasteiger partial charge in [0.1, 0.15) is 0 Å². The van der Waals surface area contributed by atoms with Crippen LogP contribution in [0.5, 0.6) is 0 Å². The number of nitrogens with zero attached hydrogens (tertiary/aromatic N) is 3. The second-order valence-corrected chi connectivity index (χ2v) is 7.63. The van der Waals surface area contributed by atoms with Crippen LogP contribution in [-0.2, 0) is 6.42 Å². The molecule has 0 saturated heterocycles. The Hall–Kier alpha value is -2.76. The molecule has 27 heavy (non-hydrogen) atoms. The quantitative estimate of drug-likeness (QED) is 0.616. The first-order chi connectivity index (χ1) is 13.2. The Bertz CT molecular complexity index is 1000. The minimum Gasteiger partial charge on any atom is -0.440 e. The van der Waals surface area contributed by atoms with Gasteiger partial charge in [-0.05, 0) is 55.7 Å². The number of fused-ring (bicyclic) bond motifs is 1. The van der Waals surface area contributed by atoms with Gasteiger partial charge in [-0.15, -0.1) is 0 Å². The highest BCUT2D eigenvalue weighted by Gasteiger charge is 2.29. The molecule has 1 atom stereocenters. The van der Waals surface area contributed by atoms with Crippen LogP contribution in [0.1, 0.15) is 77.2 Å². The number of rotatable bonds is 5. The molecule has 0 bridgehead atoms. The van der Waals surface area contributed by atoms with Gasteiger partial charge in [0.05, 0.1) is 5.69 Å². The van der Waals surface area contributed by atoms with E-state index in [0.717, 1.165) is 37.1 Å². The van der Waals surface area contributed by atoms with Gasteiger partial charge in [-0.25, -0.2) is 4.98 Å². The first-order valence-electron chi connectivity index (χ1n) is 9.59. The summed E-state index contributed by atoms with van der Waals surface area (Å²) in [6, 6.07) is 6.30. The number of carbonyl (C=O) groups excluding carboxylic acids is 1. The number of oxazole rings is 1.